The topological polar surface area (TPSA) is 63.9 Å². The monoisotopic (exact) mass is 209 g/mol. The Morgan fingerprint density at radius 1 is 1.60 bits per heavy atom. The van der Waals surface area contributed by atoms with Gasteiger partial charge in [-0.3, -0.25) is 5.10 Å². The maximum Gasteiger partial charge on any atom is 0.148 e. The van der Waals surface area contributed by atoms with E-state index in [4.69, 9.17) is 10.5 Å². The predicted molar refractivity (Wildman–Crippen MR) is 59.7 cm³/mol. The highest BCUT2D eigenvalue weighted by Gasteiger charge is 2.21. The van der Waals surface area contributed by atoms with Gasteiger partial charge in [0.1, 0.15) is 5.82 Å². The number of hydrogen-bond acceptors (Lipinski definition) is 3. The van der Waals surface area contributed by atoms with Crippen LogP contribution in [0.4, 0.5) is 5.82 Å². The molecular weight excluding hydrogens is 190 g/mol. The summed E-state index contributed by atoms with van der Waals surface area (Å²) < 4.78 is 5.37. The Balaban J connectivity index is 2.13. The first-order valence-electron chi connectivity index (χ1n) is 5.58. The van der Waals surface area contributed by atoms with Gasteiger partial charge in [-0.1, -0.05) is 13.8 Å². The minimum atomic E-state index is 0.432. The zero-order chi connectivity index (χ0) is 10.8. The molecule has 84 valence electrons. The van der Waals surface area contributed by atoms with Crippen molar-refractivity contribution in [3.63, 3.8) is 0 Å². The summed E-state index contributed by atoms with van der Waals surface area (Å²) in [5, 5.41) is 7.14. The second-order valence-electron chi connectivity index (χ2n) is 4.59. The van der Waals surface area contributed by atoms with Crippen molar-refractivity contribution >= 4 is 5.82 Å². The molecule has 1 aliphatic rings. The third-order valence-corrected chi connectivity index (χ3v) is 3.01. The Labute approximate surface area is 90.2 Å². The second kappa shape index (κ2) is 4.23. The quantitative estimate of drug-likeness (QED) is 0.796. The van der Waals surface area contributed by atoms with Crippen LogP contribution in [0, 0.1) is 5.92 Å². The van der Waals surface area contributed by atoms with Gasteiger partial charge in [-0.15, -0.1) is 0 Å². The van der Waals surface area contributed by atoms with Crippen molar-refractivity contribution < 1.29 is 4.74 Å². The molecule has 1 unspecified atom stereocenters. The molecular formula is C11H19N3O. The fraction of sp³-hybridized carbons (Fsp3) is 0.727. The SMILES string of the molecule is CC(C)c1c(N)n[nH]c1CC1CCOC1. The summed E-state index contributed by atoms with van der Waals surface area (Å²) in [6, 6.07) is 0. The molecule has 1 saturated heterocycles. The van der Waals surface area contributed by atoms with Crippen molar-refractivity contribution in [2.45, 2.75) is 32.6 Å². The summed E-state index contributed by atoms with van der Waals surface area (Å²) in [7, 11) is 0. The van der Waals surface area contributed by atoms with Gasteiger partial charge in [0, 0.05) is 24.5 Å². The Morgan fingerprint density at radius 3 is 3.00 bits per heavy atom. The normalized spacial score (nSPS) is 21.4. The molecule has 0 amide bonds. The van der Waals surface area contributed by atoms with Crippen LogP contribution in [0.2, 0.25) is 0 Å². The molecule has 2 heterocycles. The van der Waals surface area contributed by atoms with Crippen LogP contribution in [0.3, 0.4) is 0 Å². The van der Waals surface area contributed by atoms with Crippen molar-refractivity contribution in [1.29, 1.82) is 0 Å². The van der Waals surface area contributed by atoms with Gasteiger partial charge in [-0.2, -0.15) is 5.10 Å². The fourth-order valence-corrected chi connectivity index (χ4v) is 2.24. The standard InChI is InChI=1S/C11H19N3O/c1-7(2)10-9(13-14-11(10)12)5-8-3-4-15-6-8/h7-8H,3-6H2,1-2H3,(H3,12,13,14). The Kier molecular flexibility index (Phi) is 2.95. The zero-order valence-electron chi connectivity index (χ0n) is 9.42. The number of anilines is 1. The van der Waals surface area contributed by atoms with Gasteiger partial charge in [0.15, 0.2) is 0 Å². The summed E-state index contributed by atoms with van der Waals surface area (Å²) in [5.74, 6) is 1.71. The Bertz CT molecular complexity index is 327. The van der Waals surface area contributed by atoms with Gasteiger partial charge in [-0.25, -0.2) is 0 Å². The first-order chi connectivity index (χ1) is 7.18. The van der Waals surface area contributed by atoms with Crippen molar-refractivity contribution in [1.82, 2.24) is 10.2 Å². The number of aromatic nitrogens is 2. The van der Waals surface area contributed by atoms with Crippen LogP contribution in [0.1, 0.15) is 37.4 Å². The number of hydrogen-bond donors (Lipinski definition) is 2. The molecule has 0 radical (unpaired) electrons. The van der Waals surface area contributed by atoms with E-state index >= 15 is 0 Å². The summed E-state index contributed by atoms with van der Waals surface area (Å²) in [6.07, 6.45) is 2.16. The highest BCUT2D eigenvalue weighted by molar-refractivity contribution is 5.44. The Morgan fingerprint density at radius 2 is 2.40 bits per heavy atom. The molecule has 0 bridgehead atoms. The lowest BCUT2D eigenvalue weighted by atomic mass is 9.95. The second-order valence-corrected chi connectivity index (χ2v) is 4.59. The first kappa shape index (κ1) is 10.5. The van der Waals surface area contributed by atoms with Gasteiger partial charge in [-0.05, 0) is 24.7 Å². The van der Waals surface area contributed by atoms with Crippen LogP contribution in [-0.4, -0.2) is 23.4 Å². The van der Waals surface area contributed by atoms with Crippen LogP contribution in [0.5, 0.6) is 0 Å². The van der Waals surface area contributed by atoms with E-state index in [0.29, 0.717) is 17.7 Å². The fourth-order valence-electron chi connectivity index (χ4n) is 2.24. The molecule has 15 heavy (non-hydrogen) atoms. The summed E-state index contributed by atoms with van der Waals surface area (Å²) >= 11 is 0. The van der Waals surface area contributed by atoms with E-state index < -0.39 is 0 Å². The van der Waals surface area contributed by atoms with Crippen molar-refractivity contribution in [2.75, 3.05) is 18.9 Å². The van der Waals surface area contributed by atoms with Gasteiger partial charge < -0.3 is 10.5 Å². The molecule has 1 aromatic rings. The van der Waals surface area contributed by atoms with Gasteiger partial charge >= 0.3 is 0 Å². The molecule has 0 aliphatic carbocycles. The highest BCUT2D eigenvalue weighted by Crippen LogP contribution is 2.27. The third kappa shape index (κ3) is 2.15. The van der Waals surface area contributed by atoms with Crippen LogP contribution in [0.25, 0.3) is 0 Å². The largest absolute Gasteiger partial charge is 0.382 e. The van der Waals surface area contributed by atoms with E-state index in [2.05, 4.69) is 24.0 Å². The average Bonchev–Trinajstić information content (AvgIpc) is 2.76. The van der Waals surface area contributed by atoms with Crippen LogP contribution in [-0.2, 0) is 11.2 Å². The molecule has 1 aromatic heterocycles. The molecule has 1 fully saturated rings. The summed E-state index contributed by atoms with van der Waals surface area (Å²) in [6.45, 7) is 6.06. The maximum absolute atomic E-state index is 5.84. The van der Waals surface area contributed by atoms with Crippen molar-refractivity contribution in [2.24, 2.45) is 5.92 Å². The van der Waals surface area contributed by atoms with E-state index in [1.54, 1.807) is 0 Å². The third-order valence-electron chi connectivity index (χ3n) is 3.01. The molecule has 0 spiro atoms. The number of nitrogen functional groups attached to an aromatic ring is 1. The zero-order valence-corrected chi connectivity index (χ0v) is 9.42. The summed E-state index contributed by atoms with van der Waals surface area (Å²) in [5.41, 5.74) is 8.22. The number of nitrogens with zero attached hydrogens (tertiary/aromatic N) is 1. The smallest absolute Gasteiger partial charge is 0.148 e. The van der Waals surface area contributed by atoms with Crippen LogP contribution < -0.4 is 5.73 Å². The predicted octanol–water partition coefficient (Wildman–Crippen LogP) is 1.69. The number of nitrogens with two attached hydrogens (primary N) is 1. The minimum absolute atomic E-state index is 0.432. The molecule has 4 nitrogen and oxygen atoms in total. The van der Waals surface area contributed by atoms with E-state index in [1.807, 2.05) is 0 Å². The van der Waals surface area contributed by atoms with Crippen LogP contribution in [0.15, 0.2) is 0 Å². The van der Waals surface area contributed by atoms with Crippen molar-refractivity contribution in [3.05, 3.63) is 11.3 Å². The molecule has 0 aromatic carbocycles. The first-order valence-corrected chi connectivity index (χ1v) is 5.58. The number of aromatic amines is 1. The van der Waals surface area contributed by atoms with Crippen molar-refractivity contribution in [3.8, 4) is 0 Å². The molecule has 3 N–H and O–H groups in total. The summed E-state index contributed by atoms with van der Waals surface area (Å²) in [4.78, 5) is 0. The Hall–Kier alpha value is -1.03. The maximum atomic E-state index is 5.84. The highest BCUT2D eigenvalue weighted by atomic mass is 16.5. The number of nitrogens with one attached hydrogen (secondary N) is 1. The lowest BCUT2D eigenvalue weighted by Crippen LogP contribution is -2.07. The molecule has 4 heteroatoms. The van der Waals surface area contributed by atoms with Gasteiger partial charge in [0.2, 0.25) is 0 Å². The average molecular weight is 209 g/mol. The number of H-pyrrole nitrogens is 1. The van der Waals surface area contributed by atoms with E-state index in [9.17, 15) is 0 Å². The van der Waals surface area contributed by atoms with Gasteiger partial charge in [0.25, 0.3) is 0 Å². The molecule has 0 saturated carbocycles. The van der Waals surface area contributed by atoms with E-state index in [1.165, 1.54) is 11.3 Å². The van der Waals surface area contributed by atoms with E-state index in [-0.39, 0.29) is 0 Å². The number of ether oxygens (including phenoxy) is 1. The molecule has 1 aliphatic heterocycles. The lowest BCUT2D eigenvalue weighted by Gasteiger charge is -2.10. The van der Waals surface area contributed by atoms with Gasteiger partial charge in [0.05, 0.1) is 0 Å². The van der Waals surface area contributed by atoms with E-state index in [0.717, 1.165) is 26.1 Å². The van der Waals surface area contributed by atoms with Crippen LogP contribution >= 0.6 is 0 Å². The molecule has 1 atom stereocenters. The molecule has 2 rings (SSSR count). The lowest BCUT2D eigenvalue weighted by molar-refractivity contribution is 0.185. The number of rotatable bonds is 3. The minimum Gasteiger partial charge on any atom is -0.382 e.